The highest BCUT2D eigenvalue weighted by Crippen LogP contribution is 2.24. The topological polar surface area (TPSA) is 49.4 Å². The van der Waals surface area contributed by atoms with E-state index in [-0.39, 0.29) is 18.4 Å². The lowest BCUT2D eigenvalue weighted by molar-refractivity contribution is -0.116. The minimum absolute atomic E-state index is 0.0110. The normalized spacial score (nSPS) is 10.3. The van der Waals surface area contributed by atoms with Gasteiger partial charge < -0.3 is 10.2 Å². The molecule has 0 radical (unpaired) electrons. The lowest BCUT2D eigenvalue weighted by Crippen LogP contribution is -2.35. The van der Waals surface area contributed by atoms with Crippen molar-refractivity contribution in [3.8, 4) is 0 Å². The van der Waals surface area contributed by atoms with Gasteiger partial charge in [-0.15, -0.1) is 11.8 Å². The maximum absolute atomic E-state index is 12.4. The fourth-order valence-corrected chi connectivity index (χ4v) is 2.88. The first kappa shape index (κ1) is 18.1. The molecule has 24 heavy (non-hydrogen) atoms. The molecule has 0 fully saturated rings. The van der Waals surface area contributed by atoms with Crippen molar-refractivity contribution in [2.45, 2.75) is 18.2 Å². The van der Waals surface area contributed by atoms with E-state index < -0.39 is 0 Å². The molecular formula is C19H22N2O2S. The minimum Gasteiger partial charge on any atom is -0.332 e. The van der Waals surface area contributed by atoms with Gasteiger partial charge in [0.15, 0.2) is 0 Å². The van der Waals surface area contributed by atoms with Gasteiger partial charge in [-0.25, -0.2) is 0 Å². The minimum atomic E-state index is -0.211. The standard InChI is InChI=1S/C19H22N2O2S/c1-4-14-9-11-15(12-10-14)19(23)21(2)13-18(22)20-16-7-5-6-8-17(16)24-3/h5-12H,4,13H2,1-3H3,(H,20,22). The van der Waals surface area contributed by atoms with Crippen LogP contribution in [0.5, 0.6) is 0 Å². The lowest BCUT2D eigenvalue weighted by atomic mass is 10.1. The average molecular weight is 342 g/mol. The van der Waals surface area contributed by atoms with E-state index in [9.17, 15) is 9.59 Å². The Morgan fingerprint density at radius 1 is 1.08 bits per heavy atom. The van der Waals surface area contributed by atoms with Gasteiger partial charge in [0, 0.05) is 17.5 Å². The van der Waals surface area contributed by atoms with E-state index in [4.69, 9.17) is 0 Å². The predicted molar refractivity (Wildman–Crippen MR) is 99.6 cm³/mol. The highest BCUT2D eigenvalue weighted by Gasteiger charge is 2.15. The van der Waals surface area contributed by atoms with Gasteiger partial charge in [-0.05, 0) is 42.5 Å². The van der Waals surface area contributed by atoms with Crippen LogP contribution < -0.4 is 5.32 Å². The quantitative estimate of drug-likeness (QED) is 0.815. The summed E-state index contributed by atoms with van der Waals surface area (Å²) in [6.45, 7) is 2.08. The van der Waals surface area contributed by atoms with Crippen LogP contribution in [-0.4, -0.2) is 36.6 Å². The van der Waals surface area contributed by atoms with Gasteiger partial charge in [-0.1, -0.05) is 31.2 Å². The van der Waals surface area contributed by atoms with Crippen molar-refractivity contribution < 1.29 is 9.59 Å². The summed E-state index contributed by atoms with van der Waals surface area (Å²) in [4.78, 5) is 27.0. The van der Waals surface area contributed by atoms with Crippen molar-refractivity contribution in [1.29, 1.82) is 0 Å². The summed E-state index contributed by atoms with van der Waals surface area (Å²) in [7, 11) is 1.64. The summed E-state index contributed by atoms with van der Waals surface area (Å²) in [5, 5.41) is 2.86. The highest BCUT2D eigenvalue weighted by atomic mass is 32.2. The number of amides is 2. The number of carbonyl (C=O) groups excluding carboxylic acids is 2. The van der Waals surface area contributed by atoms with E-state index in [0.717, 1.165) is 17.0 Å². The molecule has 0 aromatic heterocycles. The molecule has 0 atom stereocenters. The molecule has 0 bridgehead atoms. The van der Waals surface area contributed by atoms with Gasteiger partial charge in [-0.2, -0.15) is 0 Å². The van der Waals surface area contributed by atoms with Crippen LogP contribution in [0.25, 0.3) is 0 Å². The summed E-state index contributed by atoms with van der Waals surface area (Å²) in [6, 6.07) is 15.1. The van der Waals surface area contributed by atoms with E-state index in [2.05, 4.69) is 12.2 Å². The van der Waals surface area contributed by atoms with E-state index in [0.29, 0.717) is 5.56 Å². The fraction of sp³-hybridized carbons (Fsp3) is 0.263. The molecule has 0 aliphatic carbocycles. The van der Waals surface area contributed by atoms with Crippen LogP contribution >= 0.6 is 11.8 Å². The molecule has 0 spiro atoms. The third kappa shape index (κ3) is 4.61. The number of para-hydroxylation sites is 1. The molecule has 2 rings (SSSR count). The second-order valence-corrected chi connectivity index (χ2v) is 6.31. The van der Waals surface area contributed by atoms with Crippen molar-refractivity contribution >= 4 is 29.3 Å². The monoisotopic (exact) mass is 342 g/mol. The third-order valence-corrected chi connectivity index (χ3v) is 4.51. The number of likely N-dealkylation sites (N-methyl/N-ethyl adjacent to an activating group) is 1. The van der Waals surface area contributed by atoms with Gasteiger partial charge in [-0.3, -0.25) is 9.59 Å². The van der Waals surface area contributed by atoms with Crippen LogP contribution in [0, 0.1) is 0 Å². The number of nitrogens with one attached hydrogen (secondary N) is 1. The van der Waals surface area contributed by atoms with Crippen LogP contribution in [0.3, 0.4) is 0 Å². The second-order valence-electron chi connectivity index (χ2n) is 5.46. The highest BCUT2D eigenvalue weighted by molar-refractivity contribution is 7.98. The molecule has 2 amide bonds. The first-order chi connectivity index (χ1) is 11.5. The number of benzene rings is 2. The maximum Gasteiger partial charge on any atom is 0.254 e. The van der Waals surface area contributed by atoms with Gasteiger partial charge in [0.25, 0.3) is 5.91 Å². The van der Waals surface area contributed by atoms with Crippen LogP contribution in [0.1, 0.15) is 22.8 Å². The Bertz CT molecular complexity index is 714. The van der Waals surface area contributed by atoms with Gasteiger partial charge in [0.2, 0.25) is 5.91 Å². The summed E-state index contributed by atoms with van der Waals surface area (Å²) in [5.41, 5.74) is 2.54. The fourth-order valence-electron chi connectivity index (χ4n) is 2.33. The second kappa shape index (κ2) is 8.55. The molecule has 2 aromatic carbocycles. The average Bonchev–Trinajstić information content (AvgIpc) is 2.61. The molecular weight excluding hydrogens is 320 g/mol. The van der Waals surface area contributed by atoms with Crippen molar-refractivity contribution in [3.05, 3.63) is 59.7 Å². The first-order valence-electron chi connectivity index (χ1n) is 7.82. The molecule has 126 valence electrons. The van der Waals surface area contributed by atoms with E-state index in [1.54, 1.807) is 30.9 Å². The molecule has 0 heterocycles. The number of carbonyl (C=O) groups is 2. The summed E-state index contributed by atoms with van der Waals surface area (Å²) in [6.07, 6.45) is 2.89. The summed E-state index contributed by atoms with van der Waals surface area (Å²) >= 11 is 1.57. The van der Waals surface area contributed by atoms with Crippen LogP contribution in [0.4, 0.5) is 5.69 Å². The molecule has 0 saturated carbocycles. The number of thioether (sulfide) groups is 1. The largest absolute Gasteiger partial charge is 0.332 e. The smallest absolute Gasteiger partial charge is 0.254 e. The Labute approximate surface area is 147 Å². The molecule has 5 heteroatoms. The number of hydrogen-bond acceptors (Lipinski definition) is 3. The Morgan fingerprint density at radius 2 is 1.75 bits per heavy atom. The number of nitrogens with zero attached hydrogens (tertiary/aromatic N) is 1. The van der Waals surface area contributed by atoms with Crippen LogP contribution in [0.15, 0.2) is 53.4 Å². The zero-order valence-electron chi connectivity index (χ0n) is 14.2. The van der Waals surface area contributed by atoms with E-state index in [1.807, 2.05) is 42.7 Å². The number of aryl methyl sites for hydroxylation is 1. The van der Waals surface area contributed by atoms with Crippen molar-refractivity contribution in [1.82, 2.24) is 4.90 Å². The maximum atomic E-state index is 12.4. The zero-order chi connectivity index (χ0) is 17.5. The molecule has 1 N–H and O–H groups in total. The zero-order valence-corrected chi connectivity index (χ0v) is 15.0. The van der Waals surface area contributed by atoms with Crippen molar-refractivity contribution in [2.75, 3.05) is 25.2 Å². The molecule has 4 nitrogen and oxygen atoms in total. The van der Waals surface area contributed by atoms with E-state index >= 15 is 0 Å². The number of hydrogen-bond donors (Lipinski definition) is 1. The SMILES string of the molecule is CCc1ccc(C(=O)N(C)CC(=O)Nc2ccccc2SC)cc1. The van der Waals surface area contributed by atoms with Gasteiger partial charge in [0.05, 0.1) is 12.2 Å². The predicted octanol–water partition coefficient (Wildman–Crippen LogP) is 3.68. The molecule has 0 aliphatic heterocycles. The van der Waals surface area contributed by atoms with Gasteiger partial charge in [0.1, 0.15) is 0 Å². The lowest BCUT2D eigenvalue weighted by Gasteiger charge is -2.17. The molecule has 0 unspecified atom stereocenters. The van der Waals surface area contributed by atoms with Crippen molar-refractivity contribution in [3.63, 3.8) is 0 Å². The number of anilines is 1. The Morgan fingerprint density at radius 3 is 2.38 bits per heavy atom. The van der Waals surface area contributed by atoms with E-state index in [1.165, 1.54) is 10.5 Å². The Kier molecular flexibility index (Phi) is 6.44. The first-order valence-corrected chi connectivity index (χ1v) is 9.05. The van der Waals surface area contributed by atoms with Crippen LogP contribution in [0.2, 0.25) is 0 Å². The van der Waals surface area contributed by atoms with Gasteiger partial charge >= 0.3 is 0 Å². The third-order valence-electron chi connectivity index (χ3n) is 3.72. The molecule has 2 aromatic rings. The molecule has 0 aliphatic rings. The molecule has 0 saturated heterocycles. The summed E-state index contributed by atoms with van der Waals surface area (Å²) in [5.74, 6) is -0.372. The number of rotatable bonds is 6. The van der Waals surface area contributed by atoms with Crippen LogP contribution in [-0.2, 0) is 11.2 Å². The Hall–Kier alpha value is -2.27. The van der Waals surface area contributed by atoms with Crippen molar-refractivity contribution in [2.24, 2.45) is 0 Å². The Balaban J connectivity index is 1.98. The summed E-state index contributed by atoms with van der Waals surface area (Å²) < 4.78 is 0.